The Morgan fingerprint density at radius 2 is 1.81 bits per heavy atom. The summed E-state index contributed by atoms with van der Waals surface area (Å²) in [6.45, 7) is 5.46. The molecule has 0 amide bonds. The van der Waals surface area contributed by atoms with Crippen LogP contribution in [-0.4, -0.2) is 23.3 Å². The SMILES string of the molecule is CC1(C)CCC(C(=O)O)C(C2CCOC3(CCCC3)C2)C1. The van der Waals surface area contributed by atoms with Crippen LogP contribution in [0.2, 0.25) is 0 Å². The maximum Gasteiger partial charge on any atom is 0.306 e. The average molecular weight is 294 g/mol. The smallest absolute Gasteiger partial charge is 0.306 e. The molecule has 1 aliphatic heterocycles. The fraction of sp³-hybridized carbons (Fsp3) is 0.944. The minimum Gasteiger partial charge on any atom is -0.481 e. The second kappa shape index (κ2) is 5.57. The number of ether oxygens (including phenoxy) is 1. The Morgan fingerprint density at radius 1 is 1.10 bits per heavy atom. The molecule has 0 aromatic carbocycles. The van der Waals surface area contributed by atoms with Crippen LogP contribution in [0.15, 0.2) is 0 Å². The second-order valence-corrected chi connectivity index (χ2v) is 8.51. The Morgan fingerprint density at radius 3 is 2.48 bits per heavy atom. The van der Waals surface area contributed by atoms with E-state index in [2.05, 4.69) is 13.8 Å². The summed E-state index contributed by atoms with van der Waals surface area (Å²) in [7, 11) is 0. The van der Waals surface area contributed by atoms with Crippen LogP contribution in [0.1, 0.15) is 71.6 Å². The molecule has 3 heteroatoms. The fourth-order valence-electron chi connectivity index (χ4n) is 5.24. The summed E-state index contributed by atoms with van der Waals surface area (Å²) in [5.41, 5.74) is 0.408. The molecule has 0 bridgehead atoms. The van der Waals surface area contributed by atoms with Crippen molar-refractivity contribution in [1.29, 1.82) is 0 Å². The number of hydrogen-bond donors (Lipinski definition) is 1. The van der Waals surface area contributed by atoms with Gasteiger partial charge in [0.15, 0.2) is 0 Å². The minimum atomic E-state index is -0.567. The molecule has 3 fully saturated rings. The minimum absolute atomic E-state index is 0.105. The first-order valence-corrected chi connectivity index (χ1v) is 8.78. The van der Waals surface area contributed by atoms with Gasteiger partial charge in [0.25, 0.3) is 0 Å². The number of carboxylic acids is 1. The number of carboxylic acid groups (broad SMARTS) is 1. The van der Waals surface area contributed by atoms with Crippen molar-refractivity contribution < 1.29 is 14.6 Å². The van der Waals surface area contributed by atoms with E-state index in [9.17, 15) is 9.90 Å². The van der Waals surface area contributed by atoms with Crippen LogP contribution in [0.3, 0.4) is 0 Å². The molecule has 1 spiro atoms. The van der Waals surface area contributed by atoms with Gasteiger partial charge in [-0.25, -0.2) is 0 Å². The highest BCUT2D eigenvalue weighted by Gasteiger charge is 2.47. The molecule has 3 aliphatic rings. The van der Waals surface area contributed by atoms with Gasteiger partial charge in [0.2, 0.25) is 0 Å². The van der Waals surface area contributed by atoms with E-state index >= 15 is 0 Å². The first-order chi connectivity index (χ1) is 9.91. The summed E-state index contributed by atoms with van der Waals surface area (Å²) in [4.78, 5) is 11.7. The summed E-state index contributed by atoms with van der Waals surface area (Å²) in [5, 5.41) is 9.64. The highest BCUT2D eigenvalue weighted by molar-refractivity contribution is 5.70. The van der Waals surface area contributed by atoms with E-state index in [4.69, 9.17) is 4.74 Å². The van der Waals surface area contributed by atoms with E-state index in [0.29, 0.717) is 17.3 Å². The van der Waals surface area contributed by atoms with Gasteiger partial charge in [-0.15, -0.1) is 0 Å². The van der Waals surface area contributed by atoms with Crippen LogP contribution >= 0.6 is 0 Å². The molecule has 3 nitrogen and oxygen atoms in total. The molecule has 1 saturated heterocycles. The summed E-state index contributed by atoms with van der Waals surface area (Å²) >= 11 is 0. The van der Waals surface area contributed by atoms with Crippen molar-refractivity contribution >= 4 is 5.97 Å². The third kappa shape index (κ3) is 3.13. The van der Waals surface area contributed by atoms with Gasteiger partial charge in [-0.1, -0.05) is 26.7 Å². The lowest BCUT2D eigenvalue weighted by Crippen LogP contribution is -2.45. The molecular weight excluding hydrogens is 264 g/mol. The van der Waals surface area contributed by atoms with Gasteiger partial charge in [-0.2, -0.15) is 0 Å². The second-order valence-electron chi connectivity index (χ2n) is 8.51. The first kappa shape index (κ1) is 15.3. The van der Waals surface area contributed by atoms with Crippen LogP contribution in [-0.2, 0) is 9.53 Å². The maximum atomic E-state index is 11.7. The third-order valence-corrected chi connectivity index (χ3v) is 6.41. The lowest BCUT2D eigenvalue weighted by atomic mass is 9.61. The predicted molar refractivity (Wildman–Crippen MR) is 82.1 cm³/mol. The van der Waals surface area contributed by atoms with E-state index in [1.807, 2.05) is 0 Å². The average Bonchev–Trinajstić information content (AvgIpc) is 2.85. The Kier molecular flexibility index (Phi) is 4.06. The predicted octanol–water partition coefficient (Wildman–Crippen LogP) is 4.25. The lowest BCUT2D eigenvalue weighted by Gasteiger charge is -2.47. The Labute approximate surface area is 128 Å². The molecule has 3 atom stereocenters. The molecule has 0 radical (unpaired) electrons. The summed E-state index contributed by atoms with van der Waals surface area (Å²) in [5.74, 6) is 0.215. The molecule has 2 saturated carbocycles. The Hall–Kier alpha value is -0.570. The quantitative estimate of drug-likeness (QED) is 0.828. The molecule has 2 aliphatic carbocycles. The topological polar surface area (TPSA) is 46.5 Å². The van der Waals surface area contributed by atoms with E-state index in [1.54, 1.807) is 0 Å². The van der Waals surface area contributed by atoms with E-state index in [0.717, 1.165) is 38.7 Å². The van der Waals surface area contributed by atoms with Crippen LogP contribution in [0.25, 0.3) is 0 Å². The van der Waals surface area contributed by atoms with Gasteiger partial charge in [0.1, 0.15) is 0 Å². The molecule has 120 valence electrons. The maximum absolute atomic E-state index is 11.7. The number of carbonyl (C=O) groups is 1. The van der Waals surface area contributed by atoms with Crippen molar-refractivity contribution in [3.63, 3.8) is 0 Å². The van der Waals surface area contributed by atoms with Crippen molar-refractivity contribution in [3.8, 4) is 0 Å². The van der Waals surface area contributed by atoms with Gasteiger partial charge >= 0.3 is 5.97 Å². The van der Waals surface area contributed by atoms with Gasteiger partial charge in [0.05, 0.1) is 11.5 Å². The highest BCUT2D eigenvalue weighted by Crippen LogP contribution is 2.51. The van der Waals surface area contributed by atoms with Crippen molar-refractivity contribution in [2.45, 2.75) is 77.2 Å². The molecule has 0 aromatic heterocycles. The zero-order valence-electron chi connectivity index (χ0n) is 13.6. The number of rotatable bonds is 2. The van der Waals surface area contributed by atoms with Gasteiger partial charge in [-0.3, -0.25) is 4.79 Å². The van der Waals surface area contributed by atoms with E-state index in [1.165, 1.54) is 25.7 Å². The largest absolute Gasteiger partial charge is 0.481 e. The lowest BCUT2D eigenvalue weighted by molar-refractivity contribution is -0.152. The molecule has 1 N–H and O–H groups in total. The summed E-state index contributed by atoms with van der Waals surface area (Å²) in [6.07, 6.45) is 10.1. The molecule has 3 unspecified atom stereocenters. The first-order valence-electron chi connectivity index (χ1n) is 8.78. The van der Waals surface area contributed by atoms with Crippen molar-refractivity contribution in [3.05, 3.63) is 0 Å². The van der Waals surface area contributed by atoms with E-state index < -0.39 is 5.97 Å². The van der Waals surface area contributed by atoms with Gasteiger partial charge < -0.3 is 9.84 Å². The Bertz CT molecular complexity index is 395. The van der Waals surface area contributed by atoms with Crippen LogP contribution < -0.4 is 0 Å². The van der Waals surface area contributed by atoms with Crippen LogP contribution in [0.4, 0.5) is 0 Å². The molecule has 1 heterocycles. The van der Waals surface area contributed by atoms with Gasteiger partial charge in [0, 0.05) is 6.61 Å². The highest BCUT2D eigenvalue weighted by atomic mass is 16.5. The third-order valence-electron chi connectivity index (χ3n) is 6.41. The normalized spacial score (nSPS) is 38.5. The van der Waals surface area contributed by atoms with E-state index in [-0.39, 0.29) is 11.5 Å². The fourth-order valence-corrected chi connectivity index (χ4v) is 5.24. The standard InChI is InChI=1S/C18H30O3/c1-17(2)9-5-14(16(19)20)15(12-17)13-6-10-21-18(11-13)7-3-4-8-18/h13-15H,3-12H2,1-2H3,(H,19,20). The molecular formula is C18H30O3. The zero-order chi connectivity index (χ0) is 15.1. The van der Waals surface area contributed by atoms with Crippen molar-refractivity contribution in [2.75, 3.05) is 6.61 Å². The van der Waals surface area contributed by atoms with Crippen LogP contribution in [0, 0.1) is 23.2 Å². The van der Waals surface area contributed by atoms with Crippen molar-refractivity contribution in [2.24, 2.45) is 23.2 Å². The van der Waals surface area contributed by atoms with Crippen LogP contribution in [0.5, 0.6) is 0 Å². The van der Waals surface area contributed by atoms with Gasteiger partial charge in [-0.05, 0) is 62.2 Å². The Balaban J connectivity index is 1.76. The number of hydrogen-bond acceptors (Lipinski definition) is 2. The van der Waals surface area contributed by atoms with Crippen molar-refractivity contribution in [1.82, 2.24) is 0 Å². The molecule has 0 aromatic rings. The molecule has 21 heavy (non-hydrogen) atoms. The molecule has 3 rings (SSSR count). The zero-order valence-corrected chi connectivity index (χ0v) is 13.6. The summed E-state index contributed by atoms with van der Waals surface area (Å²) in [6, 6.07) is 0. The summed E-state index contributed by atoms with van der Waals surface area (Å²) < 4.78 is 6.15. The monoisotopic (exact) mass is 294 g/mol. The number of aliphatic carboxylic acids is 1.